The van der Waals surface area contributed by atoms with Gasteiger partial charge in [0.2, 0.25) is 0 Å². The Morgan fingerprint density at radius 3 is 2.86 bits per heavy atom. The Bertz CT molecular complexity index is 658. The average molecular weight is 324 g/mol. The van der Waals surface area contributed by atoms with Crippen molar-refractivity contribution in [3.8, 4) is 11.4 Å². The van der Waals surface area contributed by atoms with Crippen LogP contribution < -0.4 is 0 Å². The number of benzene rings is 1. The fraction of sp³-hybridized carbons (Fsp3) is 0.467. The molecule has 0 saturated heterocycles. The number of aromatic nitrogens is 3. The van der Waals surface area contributed by atoms with E-state index in [0.29, 0.717) is 11.4 Å². The first-order valence-corrected chi connectivity index (χ1v) is 8.36. The topological polar surface area (TPSA) is 50.9 Å². The molecule has 6 heteroatoms. The second-order valence-electron chi connectivity index (χ2n) is 5.59. The Balaban J connectivity index is 2.03. The van der Waals surface area contributed by atoms with Crippen molar-refractivity contribution in [1.29, 1.82) is 0 Å². The smallest absolute Gasteiger partial charge is 0.165 e. The molecule has 2 aromatic rings. The van der Waals surface area contributed by atoms with Gasteiger partial charge in [-0.2, -0.15) is 11.8 Å². The van der Waals surface area contributed by atoms with E-state index in [4.69, 9.17) is 11.6 Å². The second-order valence-corrected chi connectivity index (χ2v) is 7.62. The van der Waals surface area contributed by atoms with Crippen LogP contribution in [0, 0.1) is 0 Å². The molecule has 0 fully saturated rings. The number of rotatable bonds is 2. The van der Waals surface area contributed by atoms with E-state index in [1.165, 1.54) is 0 Å². The third-order valence-electron chi connectivity index (χ3n) is 4.08. The number of aliphatic hydroxyl groups excluding tert-OH is 1. The molecule has 1 aliphatic rings. The Hall–Kier alpha value is -1.04. The minimum absolute atomic E-state index is 0.223. The van der Waals surface area contributed by atoms with Crippen LogP contribution in [0.1, 0.15) is 19.7 Å². The van der Waals surface area contributed by atoms with Gasteiger partial charge in [0.15, 0.2) is 5.82 Å². The number of fused-ring (bicyclic) bond motifs is 1. The Kier molecular flexibility index (Phi) is 3.99. The van der Waals surface area contributed by atoms with Gasteiger partial charge in [-0.25, -0.2) is 0 Å². The maximum absolute atomic E-state index is 10.1. The lowest BCUT2D eigenvalue weighted by atomic mass is 10.0. The summed E-state index contributed by atoms with van der Waals surface area (Å²) >= 11 is 8.07. The van der Waals surface area contributed by atoms with Gasteiger partial charge >= 0.3 is 0 Å². The van der Waals surface area contributed by atoms with Crippen molar-refractivity contribution in [2.75, 3.05) is 5.75 Å². The van der Waals surface area contributed by atoms with Crippen molar-refractivity contribution < 1.29 is 5.11 Å². The highest BCUT2D eigenvalue weighted by Crippen LogP contribution is 2.36. The number of aliphatic hydroxyl groups is 1. The minimum atomic E-state index is -0.394. The van der Waals surface area contributed by atoms with Crippen LogP contribution in [0.3, 0.4) is 0 Å². The summed E-state index contributed by atoms with van der Waals surface area (Å²) in [5, 5.41) is 19.4. The fourth-order valence-electron chi connectivity index (χ4n) is 2.55. The number of halogens is 1. The van der Waals surface area contributed by atoms with E-state index in [1.54, 1.807) is 11.8 Å². The molecule has 0 aliphatic carbocycles. The van der Waals surface area contributed by atoms with Gasteiger partial charge in [0.25, 0.3) is 0 Å². The van der Waals surface area contributed by atoms with Crippen LogP contribution >= 0.6 is 23.4 Å². The van der Waals surface area contributed by atoms with E-state index in [-0.39, 0.29) is 4.75 Å². The fourth-order valence-corrected chi connectivity index (χ4v) is 3.98. The second kappa shape index (κ2) is 5.63. The highest BCUT2D eigenvalue weighted by atomic mass is 35.5. The molecule has 112 valence electrons. The Morgan fingerprint density at radius 1 is 1.38 bits per heavy atom. The first-order chi connectivity index (χ1) is 10.0. The molecule has 0 amide bonds. The predicted molar refractivity (Wildman–Crippen MR) is 86.7 cm³/mol. The molecule has 2 atom stereocenters. The largest absolute Gasteiger partial charge is 0.392 e. The molecule has 1 aliphatic heterocycles. The van der Waals surface area contributed by atoms with Crippen molar-refractivity contribution in [3.63, 3.8) is 0 Å². The quantitative estimate of drug-likeness (QED) is 0.923. The van der Waals surface area contributed by atoms with Crippen molar-refractivity contribution in [3.05, 3.63) is 35.1 Å². The standard InChI is InChI=1S/C15H18ClN3OS/c1-10(20)15(2)9-13-17-18-14(19(13)7-8-21-15)11-5-3-4-6-12(11)16/h3-6,10,20H,7-9H2,1-2H3. The molecule has 21 heavy (non-hydrogen) atoms. The van der Waals surface area contributed by atoms with Gasteiger partial charge in [0.1, 0.15) is 5.82 Å². The highest BCUT2D eigenvalue weighted by Gasteiger charge is 2.35. The molecule has 2 heterocycles. The van der Waals surface area contributed by atoms with Gasteiger partial charge in [-0.15, -0.1) is 10.2 Å². The summed E-state index contributed by atoms with van der Waals surface area (Å²) in [4.78, 5) is 0. The molecule has 1 aromatic heterocycles. The first-order valence-electron chi connectivity index (χ1n) is 7.00. The molecule has 2 unspecified atom stereocenters. The van der Waals surface area contributed by atoms with E-state index < -0.39 is 6.10 Å². The maximum atomic E-state index is 10.1. The van der Waals surface area contributed by atoms with Gasteiger partial charge in [-0.3, -0.25) is 0 Å². The van der Waals surface area contributed by atoms with Gasteiger partial charge in [0.05, 0.1) is 11.1 Å². The van der Waals surface area contributed by atoms with Crippen LogP contribution in [0.5, 0.6) is 0 Å². The zero-order valence-electron chi connectivity index (χ0n) is 12.1. The number of thioether (sulfide) groups is 1. The summed E-state index contributed by atoms with van der Waals surface area (Å²) in [6.07, 6.45) is 0.307. The van der Waals surface area contributed by atoms with Crippen LogP contribution in [0.25, 0.3) is 11.4 Å². The maximum Gasteiger partial charge on any atom is 0.165 e. The molecule has 0 spiro atoms. The van der Waals surface area contributed by atoms with Gasteiger partial charge in [-0.1, -0.05) is 23.7 Å². The minimum Gasteiger partial charge on any atom is -0.392 e. The predicted octanol–water partition coefficient (Wildman–Crippen LogP) is 3.03. The van der Waals surface area contributed by atoms with Crippen molar-refractivity contribution >= 4 is 23.4 Å². The molecule has 4 nitrogen and oxygen atoms in total. The third-order valence-corrected chi connectivity index (χ3v) is 5.94. The molecule has 1 N–H and O–H groups in total. The van der Waals surface area contributed by atoms with Crippen molar-refractivity contribution in [2.45, 2.75) is 37.7 Å². The Labute approximate surface area is 133 Å². The average Bonchev–Trinajstić information content (AvgIpc) is 2.73. The van der Waals surface area contributed by atoms with Crippen LogP contribution in [-0.2, 0) is 13.0 Å². The molecular weight excluding hydrogens is 306 g/mol. The van der Waals surface area contributed by atoms with Crippen LogP contribution in [-0.4, -0.2) is 36.5 Å². The van der Waals surface area contributed by atoms with Crippen LogP contribution in [0.15, 0.2) is 24.3 Å². The lowest BCUT2D eigenvalue weighted by Gasteiger charge is -2.29. The lowest BCUT2D eigenvalue weighted by Crippen LogP contribution is -2.36. The molecule has 0 saturated carbocycles. The van der Waals surface area contributed by atoms with E-state index in [9.17, 15) is 5.11 Å². The molecule has 0 radical (unpaired) electrons. The van der Waals surface area contributed by atoms with Crippen molar-refractivity contribution in [2.24, 2.45) is 0 Å². The summed E-state index contributed by atoms with van der Waals surface area (Å²) in [7, 11) is 0. The zero-order chi connectivity index (χ0) is 15.0. The summed E-state index contributed by atoms with van der Waals surface area (Å²) in [6, 6.07) is 7.69. The monoisotopic (exact) mass is 323 g/mol. The van der Waals surface area contributed by atoms with E-state index in [1.807, 2.05) is 31.2 Å². The first kappa shape index (κ1) is 14.9. The summed E-state index contributed by atoms with van der Waals surface area (Å²) < 4.78 is 1.90. The summed E-state index contributed by atoms with van der Waals surface area (Å²) in [5.74, 6) is 2.65. The summed E-state index contributed by atoms with van der Waals surface area (Å²) in [6.45, 7) is 4.76. The molecule has 3 rings (SSSR count). The zero-order valence-corrected chi connectivity index (χ0v) is 13.7. The highest BCUT2D eigenvalue weighted by molar-refractivity contribution is 8.00. The lowest BCUT2D eigenvalue weighted by molar-refractivity contribution is 0.152. The normalized spacial score (nSPS) is 23.4. The molecule has 0 bridgehead atoms. The molecular formula is C15H18ClN3OS. The van der Waals surface area contributed by atoms with Crippen LogP contribution in [0.2, 0.25) is 5.02 Å². The van der Waals surface area contributed by atoms with Gasteiger partial charge in [0, 0.05) is 29.0 Å². The van der Waals surface area contributed by atoms with E-state index in [2.05, 4.69) is 21.7 Å². The van der Waals surface area contributed by atoms with Crippen LogP contribution in [0.4, 0.5) is 0 Å². The third kappa shape index (κ3) is 2.70. The summed E-state index contributed by atoms with van der Waals surface area (Å²) in [5.41, 5.74) is 0.906. The molecule has 1 aromatic carbocycles. The van der Waals surface area contributed by atoms with Gasteiger partial charge in [-0.05, 0) is 26.0 Å². The van der Waals surface area contributed by atoms with E-state index in [0.717, 1.165) is 29.5 Å². The Morgan fingerprint density at radius 2 is 2.14 bits per heavy atom. The number of nitrogens with zero attached hydrogens (tertiary/aromatic N) is 3. The number of hydrogen-bond acceptors (Lipinski definition) is 4. The van der Waals surface area contributed by atoms with E-state index >= 15 is 0 Å². The SMILES string of the molecule is CC(O)C1(C)Cc2nnc(-c3ccccc3Cl)n2CCS1. The number of hydrogen-bond donors (Lipinski definition) is 1. The van der Waals surface area contributed by atoms with Gasteiger partial charge < -0.3 is 9.67 Å². The van der Waals surface area contributed by atoms with Crippen molar-refractivity contribution in [1.82, 2.24) is 14.8 Å².